The molecule has 2 heterocycles. The predicted molar refractivity (Wildman–Crippen MR) is 64.1 cm³/mol. The minimum atomic E-state index is -3.53. The molecule has 1 fully saturated rings. The Kier molecular flexibility index (Phi) is 3.67. The Bertz CT molecular complexity index is 511. The van der Waals surface area contributed by atoms with Gasteiger partial charge >= 0.3 is 0 Å². The lowest BCUT2D eigenvalue weighted by atomic mass is 9.99. The van der Waals surface area contributed by atoms with Crippen molar-refractivity contribution in [1.82, 2.24) is 19.8 Å². The minimum Gasteiger partial charge on any atom is -0.359 e. The van der Waals surface area contributed by atoms with Crippen LogP contribution in [0.4, 0.5) is 0 Å². The molecule has 0 aliphatic carbocycles. The maximum absolute atomic E-state index is 12.2. The Morgan fingerprint density at radius 2 is 2.39 bits per heavy atom. The van der Waals surface area contributed by atoms with E-state index in [2.05, 4.69) is 15.5 Å². The van der Waals surface area contributed by atoms with Crippen molar-refractivity contribution in [3.63, 3.8) is 0 Å². The van der Waals surface area contributed by atoms with E-state index in [1.165, 1.54) is 16.7 Å². The summed E-state index contributed by atoms with van der Waals surface area (Å²) in [4.78, 5) is 11.7. The molecule has 1 aliphatic rings. The molecule has 18 heavy (non-hydrogen) atoms. The molecule has 1 atom stereocenters. The lowest BCUT2D eigenvalue weighted by Gasteiger charge is -2.30. The smallest absolute Gasteiger partial charge is 0.246 e. The third kappa shape index (κ3) is 2.39. The second kappa shape index (κ2) is 5.07. The summed E-state index contributed by atoms with van der Waals surface area (Å²) in [6, 6.07) is 0. The summed E-state index contributed by atoms with van der Waals surface area (Å²) >= 11 is 0. The van der Waals surface area contributed by atoms with Crippen molar-refractivity contribution >= 4 is 15.9 Å². The monoisotopic (exact) mass is 272 g/mol. The Labute approximate surface area is 106 Å². The van der Waals surface area contributed by atoms with Crippen LogP contribution in [0.2, 0.25) is 0 Å². The van der Waals surface area contributed by atoms with E-state index in [4.69, 9.17) is 0 Å². The fraction of sp³-hybridized carbons (Fsp3) is 0.600. The number of aromatic amines is 1. The number of carbonyl (C=O) groups excluding carboxylic acids is 1. The highest BCUT2D eigenvalue weighted by molar-refractivity contribution is 7.89. The van der Waals surface area contributed by atoms with Crippen molar-refractivity contribution in [1.29, 1.82) is 0 Å². The van der Waals surface area contributed by atoms with Gasteiger partial charge in [-0.15, -0.1) is 0 Å². The fourth-order valence-corrected chi connectivity index (χ4v) is 3.54. The summed E-state index contributed by atoms with van der Waals surface area (Å²) in [5.74, 6) is -0.382. The van der Waals surface area contributed by atoms with E-state index in [9.17, 15) is 13.2 Å². The fourth-order valence-electron chi connectivity index (χ4n) is 2.11. The lowest BCUT2D eigenvalue weighted by Crippen LogP contribution is -2.44. The number of aromatic nitrogens is 2. The van der Waals surface area contributed by atoms with Crippen LogP contribution in [0.5, 0.6) is 0 Å². The summed E-state index contributed by atoms with van der Waals surface area (Å²) in [6.07, 6.45) is 4.03. The molecule has 0 spiro atoms. The number of hydrogen-bond acceptors (Lipinski definition) is 4. The Morgan fingerprint density at radius 3 is 3.00 bits per heavy atom. The molecule has 1 aromatic rings. The average Bonchev–Trinajstić information content (AvgIpc) is 2.92. The molecule has 1 aromatic heterocycles. The highest BCUT2D eigenvalue weighted by Gasteiger charge is 2.33. The number of carbonyl (C=O) groups is 1. The van der Waals surface area contributed by atoms with Crippen molar-refractivity contribution in [2.24, 2.45) is 5.92 Å². The van der Waals surface area contributed by atoms with E-state index in [-0.39, 0.29) is 23.3 Å². The van der Waals surface area contributed by atoms with Gasteiger partial charge in [-0.05, 0) is 12.8 Å². The van der Waals surface area contributed by atoms with Crippen LogP contribution in [0.1, 0.15) is 12.8 Å². The molecule has 2 N–H and O–H groups in total. The zero-order valence-corrected chi connectivity index (χ0v) is 10.9. The maximum Gasteiger partial charge on any atom is 0.246 e. The van der Waals surface area contributed by atoms with Gasteiger partial charge in [-0.25, -0.2) is 8.42 Å². The second-order valence-corrected chi connectivity index (χ2v) is 6.19. The van der Waals surface area contributed by atoms with Gasteiger partial charge in [-0.1, -0.05) is 0 Å². The summed E-state index contributed by atoms with van der Waals surface area (Å²) in [5, 5.41) is 8.69. The number of hydrogen-bond donors (Lipinski definition) is 2. The van der Waals surface area contributed by atoms with E-state index in [1.54, 1.807) is 7.05 Å². The van der Waals surface area contributed by atoms with Crippen LogP contribution in [0.15, 0.2) is 17.3 Å². The second-order valence-electron chi connectivity index (χ2n) is 4.25. The average molecular weight is 272 g/mol. The number of nitrogens with zero attached hydrogens (tertiary/aromatic N) is 2. The molecule has 0 unspecified atom stereocenters. The van der Waals surface area contributed by atoms with E-state index in [1.807, 2.05) is 0 Å². The zero-order chi connectivity index (χ0) is 13.2. The van der Waals surface area contributed by atoms with Gasteiger partial charge in [0.05, 0.1) is 12.1 Å². The Hall–Kier alpha value is -1.41. The lowest BCUT2D eigenvalue weighted by molar-refractivity contribution is -0.125. The largest absolute Gasteiger partial charge is 0.359 e. The zero-order valence-electron chi connectivity index (χ0n) is 10.1. The van der Waals surface area contributed by atoms with E-state index < -0.39 is 10.0 Å². The molecule has 0 aromatic carbocycles. The molecular weight excluding hydrogens is 256 g/mol. The summed E-state index contributed by atoms with van der Waals surface area (Å²) in [6.45, 7) is 0.675. The molecule has 100 valence electrons. The van der Waals surface area contributed by atoms with E-state index >= 15 is 0 Å². The summed E-state index contributed by atoms with van der Waals surface area (Å²) < 4.78 is 25.8. The topological polar surface area (TPSA) is 95.2 Å². The first-order valence-corrected chi connectivity index (χ1v) is 7.20. The number of amides is 1. The van der Waals surface area contributed by atoms with Crippen molar-refractivity contribution in [2.45, 2.75) is 17.7 Å². The molecule has 8 heteroatoms. The maximum atomic E-state index is 12.2. The highest BCUT2D eigenvalue weighted by Crippen LogP contribution is 2.23. The first-order chi connectivity index (χ1) is 8.55. The van der Waals surface area contributed by atoms with Crippen LogP contribution in [0, 0.1) is 5.92 Å². The van der Waals surface area contributed by atoms with Crippen molar-refractivity contribution in [2.75, 3.05) is 20.1 Å². The van der Waals surface area contributed by atoms with Crippen LogP contribution in [-0.4, -0.2) is 49.0 Å². The summed E-state index contributed by atoms with van der Waals surface area (Å²) in [5.41, 5.74) is 0. The highest BCUT2D eigenvalue weighted by atomic mass is 32.2. The van der Waals surface area contributed by atoms with Crippen LogP contribution in [0.3, 0.4) is 0 Å². The minimum absolute atomic E-state index is 0.109. The van der Waals surface area contributed by atoms with Crippen LogP contribution in [-0.2, 0) is 14.8 Å². The Morgan fingerprint density at radius 1 is 1.61 bits per heavy atom. The third-order valence-electron chi connectivity index (χ3n) is 3.11. The molecule has 1 saturated heterocycles. The van der Waals surface area contributed by atoms with Gasteiger partial charge in [0, 0.05) is 26.3 Å². The first-order valence-electron chi connectivity index (χ1n) is 5.76. The molecule has 7 nitrogen and oxygen atoms in total. The molecule has 2 rings (SSSR count). The van der Waals surface area contributed by atoms with Crippen LogP contribution < -0.4 is 5.32 Å². The van der Waals surface area contributed by atoms with Gasteiger partial charge < -0.3 is 5.32 Å². The first kappa shape index (κ1) is 13.0. The van der Waals surface area contributed by atoms with Gasteiger partial charge in [0.15, 0.2) is 0 Å². The van der Waals surface area contributed by atoms with Gasteiger partial charge in [0.2, 0.25) is 15.9 Å². The molecule has 0 bridgehead atoms. The number of sulfonamides is 1. The van der Waals surface area contributed by atoms with Crippen molar-refractivity contribution in [3.05, 3.63) is 12.4 Å². The molecule has 0 radical (unpaired) electrons. The number of H-pyrrole nitrogens is 1. The van der Waals surface area contributed by atoms with Gasteiger partial charge in [-0.3, -0.25) is 9.89 Å². The van der Waals surface area contributed by atoms with E-state index in [0.29, 0.717) is 13.0 Å². The van der Waals surface area contributed by atoms with Gasteiger partial charge in [0.1, 0.15) is 4.90 Å². The SMILES string of the molecule is CNC(=O)[C@H]1CCCN(S(=O)(=O)c2cn[nH]c2)C1. The normalized spacial score (nSPS) is 21.7. The third-order valence-corrected chi connectivity index (χ3v) is 4.94. The van der Waals surface area contributed by atoms with E-state index in [0.717, 1.165) is 6.42 Å². The quantitative estimate of drug-likeness (QED) is 0.779. The molecule has 1 aliphatic heterocycles. The number of piperidine rings is 1. The predicted octanol–water partition coefficient (Wildman–Crippen LogP) is -0.444. The molecular formula is C10H16N4O3S. The summed E-state index contributed by atoms with van der Waals surface area (Å²) in [7, 11) is -1.97. The number of rotatable bonds is 3. The standard InChI is InChI=1S/C10H16N4O3S/c1-11-10(15)8-3-2-4-14(7-8)18(16,17)9-5-12-13-6-9/h5-6,8H,2-4,7H2,1H3,(H,11,15)(H,12,13)/t8-/m0/s1. The van der Waals surface area contributed by atoms with Gasteiger partial charge in [-0.2, -0.15) is 9.40 Å². The van der Waals surface area contributed by atoms with Crippen LogP contribution >= 0.6 is 0 Å². The number of nitrogens with one attached hydrogen (secondary N) is 2. The van der Waals surface area contributed by atoms with Crippen molar-refractivity contribution < 1.29 is 13.2 Å². The molecule has 0 saturated carbocycles. The van der Waals surface area contributed by atoms with Crippen molar-refractivity contribution in [3.8, 4) is 0 Å². The molecule has 1 amide bonds. The van der Waals surface area contributed by atoms with Crippen LogP contribution in [0.25, 0.3) is 0 Å². The van der Waals surface area contributed by atoms with Gasteiger partial charge in [0.25, 0.3) is 0 Å². The Balaban J connectivity index is 2.17.